The third-order valence-corrected chi connectivity index (χ3v) is 3.49. The number of hydrogen-bond acceptors (Lipinski definition) is 4. The molecule has 108 valence electrons. The number of esters is 1. The van der Waals surface area contributed by atoms with Crippen LogP contribution in [-0.4, -0.2) is 42.4 Å². The van der Waals surface area contributed by atoms with E-state index in [0.717, 1.165) is 30.4 Å². The Morgan fingerprint density at radius 2 is 2.10 bits per heavy atom. The number of Topliss-reactive ketones (excluding diaryl/α,β-unsaturated/α-hetero) is 1. The van der Waals surface area contributed by atoms with E-state index in [1.807, 2.05) is 25.2 Å². The van der Waals surface area contributed by atoms with Gasteiger partial charge in [-0.05, 0) is 24.8 Å². The lowest BCUT2D eigenvalue weighted by molar-refractivity contribution is 0.0599. The van der Waals surface area contributed by atoms with Crippen LogP contribution in [0.1, 0.15) is 39.3 Å². The summed E-state index contributed by atoms with van der Waals surface area (Å²) in [5.74, 6) is -0.376. The van der Waals surface area contributed by atoms with Gasteiger partial charge in [-0.1, -0.05) is 0 Å². The molecule has 0 fully saturated rings. The largest absolute Gasteiger partial charge is 0.465 e. The second kappa shape index (κ2) is 5.53. The van der Waals surface area contributed by atoms with Crippen LogP contribution in [0, 0.1) is 0 Å². The second-order valence-electron chi connectivity index (χ2n) is 5.27. The van der Waals surface area contributed by atoms with Gasteiger partial charge in [0.2, 0.25) is 5.78 Å². The molecule has 0 bridgehead atoms. The highest BCUT2D eigenvalue weighted by Crippen LogP contribution is 2.28. The van der Waals surface area contributed by atoms with Crippen molar-refractivity contribution in [3.05, 3.63) is 34.8 Å². The number of carbonyl (C=O) groups is 2. The summed E-state index contributed by atoms with van der Waals surface area (Å²) in [6.45, 7) is 0. The van der Waals surface area contributed by atoms with Gasteiger partial charge in [-0.2, -0.15) is 0 Å². The summed E-state index contributed by atoms with van der Waals surface area (Å²) in [6, 6.07) is 0. The number of aromatic nitrogens is 1. The molecular formula is C15H20N2O3. The van der Waals surface area contributed by atoms with Crippen molar-refractivity contribution in [1.29, 1.82) is 0 Å². The number of methoxy groups -OCH3 is 1. The third kappa shape index (κ3) is 2.48. The zero-order valence-corrected chi connectivity index (χ0v) is 12.4. The smallest absolute Gasteiger partial charge is 0.339 e. The zero-order chi connectivity index (χ0) is 14.9. The molecule has 2 rings (SSSR count). The van der Waals surface area contributed by atoms with Crippen LogP contribution < -0.4 is 0 Å². The van der Waals surface area contributed by atoms with E-state index in [-0.39, 0.29) is 11.8 Å². The van der Waals surface area contributed by atoms with Crippen molar-refractivity contribution in [3.8, 4) is 0 Å². The molecular weight excluding hydrogens is 256 g/mol. The van der Waals surface area contributed by atoms with E-state index < -0.39 is 0 Å². The summed E-state index contributed by atoms with van der Waals surface area (Å²) < 4.78 is 6.53. The number of ketones is 1. The monoisotopic (exact) mass is 276 g/mol. The SMILES string of the molecule is COC(=O)c1cn(C)c2c1CCC/C(=C\N(C)C)C2=O. The summed E-state index contributed by atoms with van der Waals surface area (Å²) in [5.41, 5.74) is 2.71. The van der Waals surface area contributed by atoms with Gasteiger partial charge in [-0.15, -0.1) is 0 Å². The second-order valence-corrected chi connectivity index (χ2v) is 5.27. The average molecular weight is 276 g/mol. The minimum atomic E-state index is -0.380. The topological polar surface area (TPSA) is 51.5 Å². The van der Waals surface area contributed by atoms with Crippen LogP contribution in [0.5, 0.6) is 0 Å². The Balaban J connectivity index is 2.53. The van der Waals surface area contributed by atoms with Crippen LogP contribution in [-0.2, 0) is 18.2 Å². The molecule has 1 aliphatic rings. The van der Waals surface area contributed by atoms with E-state index in [1.165, 1.54) is 7.11 Å². The molecule has 5 heteroatoms. The van der Waals surface area contributed by atoms with Gasteiger partial charge in [0.25, 0.3) is 0 Å². The zero-order valence-electron chi connectivity index (χ0n) is 12.4. The number of aryl methyl sites for hydroxylation is 1. The van der Waals surface area contributed by atoms with Gasteiger partial charge in [0, 0.05) is 39.1 Å². The Morgan fingerprint density at radius 3 is 2.70 bits per heavy atom. The first-order chi connectivity index (χ1) is 9.45. The molecule has 0 saturated heterocycles. The maximum absolute atomic E-state index is 12.6. The van der Waals surface area contributed by atoms with E-state index in [9.17, 15) is 9.59 Å². The van der Waals surface area contributed by atoms with Crippen LogP contribution >= 0.6 is 0 Å². The highest BCUT2D eigenvalue weighted by molar-refractivity contribution is 6.10. The molecule has 1 aromatic heterocycles. The predicted octanol–water partition coefficient (Wildman–Crippen LogP) is 1.78. The molecule has 0 aliphatic heterocycles. The lowest BCUT2D eigenvalue weighted by atomic mass is 10.1. The molecule has 1 aromatic rings. The first-order valence-corrected chi connectivity index (χ1v) is 6.64. The summed E-state index contributed by atoms with van der Waals surface area (Å²) in [7, 11) is 6.95. The first kappa shape index (κ1) is 14.4. The van der Waals surface area contributed by atoms with Gasteiger partial charge in [-0.25, -0.2) is 4.79 Å². The molecule has 1 aliphatic carbocycles. The number of allylic oxidation sites excluding steroid dienone is 1. The van der Waals surface area contributed by atoms with Crippen LogP contribution in [0.25, 0.3) is 0 Å². The number of rotatable bonds is 2. The maximum atomic E-state index is 12.6. The van der Waals surface area contributed by atoms with Gasteiger partial charge in [0.15, 0.2) is 0 Å². The average Bonchev–Trinajstić information content (AvgIpc) is 2.63. The van der Waals surface area contributed by atoms with Crippen LogP contribution in [0.4, 0.5) is 0 Å². The lowest BCUT2D eigenvalue weighted by Crippen LogP contribution is -2.12. The predicted molar refractivity (Wildman–Crippen MR) is 75.8 cm³/mol. The van der Waals surface area contributed by atoms with E-state index in [1.54, 1.807) is 17.8 Å². The van der Waals surface area contributed by atoms with E-state index in [4.69, 9.17) is 4.74 Å². The molecule has 0 unspecified atom stereocenters. The summed E-state index contributed by atoms with van der Waals surface area (Å²) in [5, 5.41) is 0. The Hall–Kier alpha value is -2.04. The standard InChI is InChI=1S/C15H20N2O3/c1-16(2)8-10-6-5-7-11-12(15(19)20-4)9-17(3)13(11)14(10)18/h8-9H,5-7H2,1-4H3/b10-8+. The fourth-order valence-electron chi connectivity index (χ4n) is 2.67. The summed E-state index contributed by atoms with van der Waals surface area (Å²) >= 11 is 0. The molecule has 1 heterocycles. The number of nitrogens with zero attached hydrogens (tertiary/aromatic N) is 2. The minimum absolute atomic E-state index is 0.00357. The molecule has 0 saturated carbocycles. The lowest BCUT2D eigenvalue weighted by Gasteiger charge is -2.10. The molecule has 20 heavy (non-hydrogen) atoms. The Bertz CT molecular complexity index is 582. The highest BCUT2D eigenvalue weighted by atomic mass is 16.5. The first-order valence-electron chi connectivity index (χ1n) is 6.64. The number of ether oxygens (including phenoxy) is 1. The van der Waals surface area contributed by atoms with E-state index in [2.05, 4.69) is 0 Å². The van der Waals surface area contributed by atoms with Crippen molar-refractivity contribution in [2.45, 2.75) is 19.3 Å². The maximum Gasteiger partial charge on any atom is 0.339 e. The number of fused-ring (bicyclic) bond motifs is 1. The normalized spacial score (nSPS) is 16.8. The Morgan fingerprint density at radius 1 is 1.40 bits per heavy atom. The Labute approximate surface area is 118 Å². The van der Waals surface area contributed by atoms with Crippen molar-refractivity contribution in [2.75, 3.05) is 21.2 Å². The minimum Gasteiger partial charge on any atom is -0.465 e. The molecule has 5 nitrogen and oxygen atoms in total. The molecule has 0 N–H and O–H groups in total. The summed E-state index contributed by atoms with van der Waals surface area (Å²) in [4.78, 5) is 26.3. The van der Waals surface area contributed by atoms with Gasteiger partial charge in [0.05, 0.1) is 18.4 Å². The van der Waals surface area contributed by atoms with Crippen LogP contribution in [0.3, 0.4) is 0 Å². The molecule has 0 atom stereocenters. The van der Waals surface area contributed by atoms with Crippen molar-refractivity contribution < 1.29 is 14.3 Å². The van der Waals surface area contributed by atoms with Crippen molar-refractivity contribution in [2.24, 2.45) is 7.05 Å². The van der Waals surface area contributed by atoms with Crippen LogP contribution in [0.2, 0.25) is 0 Å². The van der Waals surface area contributed by atoms with Gasteiger partial charge in [0.1, 0.15) is 0 Å². The van der Waals surface area contributed by atoms with Crippen molar-refractivity contribution in [1.82, 2.24) is 9.47 Å². The van der Waals surface area contributed by atoms with E-state index in [0.29, 0.717) is 11.3 Å². The van der Waals surface area contributed by atoms with Crippen molar-refractivity contribution >= 4 is 11.8 Å². The van der Waals surface area contributed by atoms with Gasteiger partial charge >= 0.3 is 5.97 Å². The number of carbonyl (C=O) groups excluding carboxylic acids is 2. The van der Waals surface area contributed by atoms with Crippen LogP contribution in [0.15, 0.2) is 18.0 Å². The fourth-order valence-corrected chi connectivity index (χ4v) is 2.67. The third-order valence-electron chi connectivity index (χ3n) is 3.49. The van der Waals surface area contributed by atoms with Crippen molar-refractivity contribution in [3.63, 3.8) is 0 Å². The fraction of sp³-hybridized carbons (Fsp3) is 0.467. The summed E-state index contributed by atoms with van der Waals surface area (Å²) in [6.07, 6.45) is 5.85. The Kier molecular flexibility index (Phi) is 3.97. The molecule has 0 aromatic carbocycles. The van der Waals surface area contributed by atoms with Gasteiger partial charge in [-0.3, -0.25) is 4.79 Å². The number of hydrogen-bond donors (Lipinski definition) is 0. The molecule has 0 radical (unpaired) electrons. The molecule has 0 amide bonds. The quantitative estimate of drug-likeness (QED) is 0.469. The van der Waals surface area contributed by atoms with E-state index >= 15 is 0 Å². The molecule has 0 spiro atoms. The highest BCUT2D eigenvalue weighted by Gasteiger charge is 2.28. The van der Waals surface area contributed by atoms with Gasteiger partial charge < -0.3 is 14.2 Å².